The summed E-state index contributed by atoms with van der Waals surface area (Å²) >= 11 is 0. The lowest BCUT2D eigenvalue weighted by Crippen LogP contribution is -2.47. The van der Waals surface area contributed by atoms with Crippen LogP contribution in [0.4, 0.5) is 0 Å². The lowest BCUT2D eigenvalue weighted by Gasteiger charge is -2.32. The van der Waals surface area contributed by atoms with E-state index in [0.29, 0.717) is 0 Å². The number of carboxylic acids is 1. The van der Waals surface area contributed by atoms with Gasteiger partial charge in [-0.05, 0) is 38.8 Å². The third kappa shape index (κ3) is 3.22. The van der Waals surface area contributed by atoms with E-state index in [2.05, 4.69) is 5.32 Å². The van der Waals surface area contributed by atoms with Gasteiger partial charge in [0.1, 0.15) is 6.54 Å². The molecular weight excluding hydrogens is 232 g/mol. The number of piperidine rings is 1. The van der Waals surface area contributed by atoms with Crippen LogP contribution in [0.5, 0.6) is 0 Å². The van der Waals surface area contributed by atoms with Crippen molar-refractivity contribution in [2.75, 3.05) is 19.6 Å². The third-order valence-electron chi connectivity index (χ3n) is 4.04. The molecule has 1 aliphatic heterocycles. The molecule has 0 bridgehead atoms. The Morgan fingerprint density at radius 2 is 1.72 bits per heavy atom. The molecule has 1 saturated heterocycles. The van der Waals surface area contributed by atoms with Gasteiger partial charge in [0.2, 0.25) is 5.91 Å². The molecule has 0 atom stereocenters. The first-order chi connectivity index (χ1) is 8.68. The van der Waals surface area contributed by atoms with Gasteiger partial charge in [-0.2, -0.15) is 0 Å². The Bertz CT molecular complexity index is 307. The van der Waals surface area contributed by atoms with Crippen molar-refractivity contribution < 1.29 is 14.7 Å². The number of hydrogen-bond acceptors (Lipinski definition) is 3. The Morgan fingerprint density at radius 1 is 1.11 bits per heavy atom. The summed E-state index contributed by atoms with van der Waals surface area (Å²) in [5.41, 5.74) is 0. The highest BCUT2D eigenvalue weighted by molar-refractivity contribution is 5.83. The fourth-order valence-corrected chi connectivity index (χ4v) is 3.05. The smallest absolute Gasteiger partial charge is 0.323 e. The summed E-state index contributed by atoms with van der Waals surface area (Å²) in [6.45, 7) is 1.59. The lowest BCUT2D eigenvalue weighted by molar-refractivity contribution is -0.148. The van der Waals surface area contributed by atoms with Gasteiger partial charge in [0.15, 0.2) is 0 Å². The molecule has 5 nitrogen and oxygen atoms in total. The van der Waals surface area contributed by atoms with Crippen LogP contribution in [0.3, 0.4) is 0 Å². The Balaban J connectivity index is 2.01. The van der Waals surface area contributed by atoms with Gasteiger partial charge < -0.3 is 15.3 Å². The van der Waals surface area contributed by atoms with Crippen LogP contribution in [-0.2, 0) is 9.59 Å². The maximum atomic E-state index is 12.5. The molecule has 0 aromatic heterocycles. The molecule has 1 heterocycles. The molecule has 0 aromatic carbocycles. The van der Waals surface area contributed by atoms with Crippen molar-refractivity contribution in [3.8, 4) is 0 Å². The number of nitrogens with one attached hydrogen (secondary N) is 1. The maximum absolute atomic E-state index is 12.5. The Labute approximate surface area is 108 Å². The van der Waals surface area contributed by atoms with Crippen LogP contribution >= 0.6 is 0 Å². The molecular formula is C13H22N2O3. The predicted molar refractivity (Wildman–Crippen MR) is 67.2 cm³/mol. The molecule has 0 unspecified atom stereocenters. The fraction of sp³-hybridized carbons (Fsp3) is 0.846. The largest absolute Gasteiger partial charge is 0.480 e. The minimum atomic E-state index is -0.899. The molecule has 2 aliphatic rings. The van der Waals surface area contributed by atoms with Crippen LogP contribution in [0.2, 0.25) is 0 Å². The summed E-state index contributed by atoms with van der Waals surface area (Å²) in [5.74, 6) is -0.818. The fourth-order valence-electron chi connectivity index (χ4n) is 3.05. The monoisotopic (exact) mass is 254 g/mol. The zero-order valence-corrected chi connectivity index (χ0v) is 10.7. The summed E-state index contributed by atoms with van der Waals surface area (Å²) in [4.78, 5) is 25.0. The second-order valence-electron chi connectivity index (χ2n) is 5.32. The van der Waals surface area contributed by atoms with Crippen LogP contribution in [0, 0.1) is 5.92 Å². The van der Waals surface area contributed by atoms with Gasteiger partial charge in [-0.1, -0.05) is 12.8 Å². The molecule has 102 valence electrons. The van der Waals surface area contributed by atoms with Gasteiger partial charge in [0.05, 0.1) is 0 Å². The van der Waals surface area contributed by atoms with E-state index >= 15 is 0 Å². The SMILES string of the molecule is O=C(O)CN(C(=O)C1CCNCC1)C1CCCC1. The summed E-state index contributed by atoms with van der Waals surface area (Å²) in [5, 5.41) is 12.2. The summed E-state index contributed by atoms with van der Waals surface area (Å²) < 4.78 is 0. The quantitative estimate of drug-likeness (QED) is 0.780. The summed E-state index contributed by atoms with van der Waals surface area (Å²) in [6.07, 6.45) is 5.82. The highest BCUT2D eigenvalue weighted by atomic mass is 16.4. The van der Waals surface area contributed by atoms with Crippen LogP contribution in [0.1, 0.15) is 38.5 Å². The van der Waals surface area contributed by atoms with Crippen molar-refractivity contribution in [2.45, 2.75) is 44.6 Å². The molecule has 0 aromatic rings. The summed E-state index contributed by atoms with van der Waals surface area (Å²) in [7, 11) is 0. The van der Waals surface area contributed by atoms with Crippen molar-refractivity contribution in [1.29, 1.82) is 0 Å². The molecule has 1 saturated carbocycles. The van der Waals surface area contributed by atoms with Crippen molar-refractivity contribution in [2.24, 2.45) is 5.92 Å². The van der Waals surface area contributed by atoms with Crippen LogP contribution < -0.4 is 5.32 Å². The van der Waals surface area contributed by atoms with Crippen molar-refractivity contribution in [1.82, 2.24) is 10.2 Å². The first-order valence-electron chi connectivity index (χ1n) is 6.91. The van der Waals surface area contributed by atoms with Crippen molar-refractivity contribution in [3.63, 3.8) is 0 Å². The van der Waals surface area contributed by atoms with Crippen molar-refractivity contribution in [3.05, 3.63) is 0 Å². The highest BCUT2D eigenvalue weighted by Crippen LogP contribution is 2.26. The minimum Gasteiger partial charge on any atom is -0.480 e. The van der Waals surface area contributed by atoms with Crippen LogP contribution in [-0.4, -0.2) is 47.6 Å². The molecule has 5 heteroatoms. The molecule has 2 fully saturated rings. The van der Waals surface area contributed by atoms with Gasteiger partial charge in [-0.15, -0.1) is 0 Å². The first-order valence-corrected chi connectivity index (χ1v) is 6.91. The van der Waals surface area contributed by atoms with Gasteiger partial charge >= 0.3 is 5.97 Å². The molecule has 2 N–H and O–H groups in total. The van der Waals surface area contributed by atoms with E-state index < -0.39 is 5.97 Å². The number of hydrogen-bond donors (Lipinski definition) is 2. The van der Waals surface area contributed by atoms with E-state index in [1.807, 2.05) is 0 Å². The summed E-state index contributed by atoms with van der Waals surface area (Å²) in [6, 6.07) is 0.156. The zero-order chi connectivity index (χ0) is 13.0. The normalized spacial score (nSPS) is 22.0. The standard InChI is InChI=1S/C13H22N2O3/c16-12(17)9-15(11-3-1-2-4-11)13(18)10-5-7-14-8-6-10/h10-11,14H,1-9H2,(H,16,17). The van der Waals surface area contributed by atoms with Gasteiger partial charge in [0.25, 0.3) is 0 Å². The number of aliphatic carboxylic acids is 1. The van der Waals surface area contributed by atoms with Crippen molar-refractivity contribution >= 4 is 11.9 Å². The Hall–Kier alpha value is -1.10. The third-order valence-corrected chi connectivity index (χ3v) is 4.04. The first kappa shape index (κ1) is 13.3. The van der Waals surface area contributed by atoms with E-state index in [0.717, 1.165) is 51.6 Å². The number of carbonyl (C=O) groups is 2. The van der Waals surface area contributed by atoms with Crippen LogP contribution in [0.15, 0.2) is 0 Å². The average molecular weight is 254 g/mol. The number of amides is 1. The molecule has 2 rings (SSSR count). The topological polar surface area (TPSA) is 69.6 Å². The van der Waals surface area contributed by atoms with Gasteiger partial charge in [-0.3, -0.25) is 9.59 Å². The average Bonchev–Trinajstić information content (AvgIpc) is 2.89. The number of nitrogens with zero attached hydrogens (tertiary/aromatic N) is 1. The predicted octanol–water partition coefficient (Wildman–Crippen LogP) is 0.842. The number of carbonyl (C=O) groups excluding carboxylic acids is 1. The molecule has 18 heavy (non-hydrogen) atoms. The van der Waals surface area contributed by atoms with E-state index in [9.17, 15) is 9.59 Å². The number of rotatable bonds is 4. The van der Waals surface area contributed by atoms with Gasteiger partial charge in [-0.25, -0.2) is 0 Å². The Kier molecular flexibility index (Phi) is 4.58. The molecule has 0 spiro atoms. The van der Waals surface area contributed by atoms with Gasteiger partial charge in [0, 0.05) is 12.0 Å². The van der Waals surface area contributed by atoms with E-state index in [1.165, 1.54) is 0 Å². The van der Waals surface area contributed by atoms with E-state index in [-0.39, 0.29) is 24.4 Å². The lowest BCUT2D eigenvalue weighted by atomic mass is 9.95. The second kappa shape index (κ2) is 6.18. The van der Waals surface area contributed by atoms with Crippen LogP contribution in [0.25, 0.3) is 0 Å². The molecule has 0 radical (unpaired) electrons. The molecule has 1 aliphatic carbocycles. The van der Waals surface area contributed by atoms with E-state index in [4.69, 9.17) is 5.11 Å². The second-order valence-corrected chi connectivity index (χ2v) is 5.32. The van der Waals surface area contributed by atoms with E-state index in [1.54, 1.807) is 4.90 Å². The maximum Gasteiger partial charge on any atom is 0.323 e. The zero-order valence-electron chi connectivity index (χ0n) is 10.7. The molecule has 1 amide bonds. The Morgan fingerprint density at radius 3 is 2.28 bits per heavy atom. The highest BCUT2D eigenvalue weighted by Gasteiger charge is 2.33. The minimum absolute atomic E-state index is 0.0196. The number of carboxylic acid groups (broad SMARTS) is 1.